The van der Waals surface area contributed by atoms with E-state index in [0.717, 1.165) is 0 Å². The number of carbonyl (C=O) groups excluding carboxylic acids is 2. The molecule has 0 saturated carbocycles. The highest BCUT2D eigenvalue weighted by molar-refractivity contribution is 7.99. The minimum absolute atomic E-state index is 0.00761. The van der Waals surface area contributed by atoms with Gasteiger partial charge in [-0.15, -0.1) is 0 Å². The van der Waals surface area contributed by atoms with E-state index in [2.05, 4.69) is 5.32 Å². The van der Waals surface area contributed by atoms with Crippen LogP contribution >= 0.6 is 11.8 Å². The number of hydrogen-bond donors (Lipinski definition) is 3. The van der Waals surface area contributed by atoms with Gasteiger partial charge in [-0.05, 0) is 12.1 Å². The molecule has 1 atom stereocenters. The summed E-state index contributed by atoms with van der Waals surface area (Å²) in [7, 11) is 0. The van der Waals surface area contributed by atoms with Gasteiger partial charge in [0, 0.05) is 4.90 Å². The minimum Gasteiger partial charge on any atom is -0.480 e. The number of rotatable bonds is 7. The van der Waals surface area contributed by atoms with Crippen molar-refractivity contribution in [3.63, 3.8) is 0 Å². The monoisotopic (exact) mass is 318 g/mol. The number of carboxylic acids is 1. The molecule has 114 valence electrons. The van der Waals surface area contributed by atoms with Crippen molar-refractivity contribution in [3.8, 4) is 0 Å². The van der Waals surface area contributed by atoms with Crippen LogP contribution in [-0.2, 0) is 9.59 Å². The van der Waals surface area contributed by atoms with E-state index < -0.39 is 36.0 Å². The molecule has 0 saturated heterocycles. The fourth-order valence-electron chi connectivity index (χ4n) is 1.49. The van der Waals surface area contributed by atoms with Crippen molar-refractivity contribution in [2.45, 2.75) is 23.1 Å². The zero-order chi connectivity index (χ0) is 16.0. The Kier molecular flexibility index (Phi) is 6.10. The molecule has 0 heterocycles. The van der Waals surface area contributed by atoms with Crippen molar-refractivity contribution in [1.82, 2.24) is 5.32 Å². The summed E-state index contributed by atoms with van der Waals surface area (Å²) in [6, 6.07) is 4.01. The number of benzene rings is 1. The number of thioether (sulfide) groups is 1. The number of carbonyl (C=O) groups is 3. The van der Waals surface area contributed by atoms with E-state index in [9.17, 15) is 23.2 Å². The van der Waals surface area contributed by atoms with Crippen LogP contribution in [0.4, 0.5) is 8.78 Å². The van der Waals surface area contributed by atoms with Gasteiger partial charge in [0.1, 0.15) is 6.04 Å². The number of nitrogens with two attached hydrogens (primary N) is 1. The van der Waals surface area contributed by atoms with Crippen molar-refractivity contribution < 1.29 is 28.3 Å². The molecule has 9 heteroatoms. The summed E-state index contributed by atoms with van der Waals surface area (Å²) >= 11 is 0.170. The van der Waals surface area contributed by atoms with Crippen LogP contribution in [0.1, 0.15) is 16.8 Å². The van der Waals surface area contributed by atoms with Gasteiger partial charge in [0.25, 0.3) is 11.7 Å². The average molecular weight is 318 g/mol. The van der Waals surface area contributed by atoms with Crippen LogP contribution < -0.4 is 11.1 Å². The SMILES string of the molecule is NC(=O)C[C@@H](NC(=O)c1ccccc1SC(F)F)C(=O)O. The first-order chi connectivity index (χ1) is 9.81. The normalized spacial score (nSPS) is 12.0. The van der Waals surface area contributed by atoms with Crippen molar-refractivity contribution in [1.29, 1.82) is 0 Å². The molecule has 0 radical (unpaired) electrons. The van der Waals surface area contributed by atoms with Crippen LogP contribution in [0.5, 0.6) is 0 Å². The lowest BCUT2D eigenvalue weighted by Crippen LogP contribution is -2.43. The molecule has 0 aliphatic rings. The molecule has 0 fully saturated rings. The smallest absolute Gasteiger partial charge is 0.326 e. The second kappa shape index (κ2) is 7.58. The highest BCUT2D eigenvalue weighted by Crippen LogP contribution is 2.28. The maximum atomic E-state index is 12.4. The quantitative estimate of drug-likeness (QED) is 0.651. The van der Waals surface area contributed by atoms with Crippen molar-refractivity contribution in [2.24, 2.45) is 5.73 Å². The van der Waals surface area contributed by atoms with Gasteiger partial charge in [-0.2, -0.15) is 8.78 Å². The Morgan fingerprint density at radius 3 is 2.43 bits per heavy atom. The molecular weight excluding hydrogens is 306 g/mol. The molecule has 0 unspecified atom stereocenters. The summed E-state index contributed by atoms with van der Waals surface area (Å²) in [4.78, 5) is 33.6. The highest BCUT2D eigenvalue weighted by atomic mass is 32.2. The van der Waals surface area contributed by atoms with Gasteiger partial charge in [0.05, 0.1) is 12.0 Å². The fraction of sp³-hybridized carbons (Fsp3) is 0.250. The van der Waals surface area contributed by atoms with Crippen LogP contribution in [0, 0.1) is 0 Å². The highest BCUT2D eigenvalue weighted by Gasteiger charge is 2.24. The zero-order valence-electron chi connectivity index (χ0n) is 10.6. The summed E-state index contributed by atoms with van der Waals surface area (Å²) in [6.45, 7) is 0. The predicted molar refractivity (Wildman–Crippen MR) is 71.0 cm³/mol. The minimum atomic E-state index is -2.72. The third kappa shape index (κ3) is 5.38. The Labute approximate surface area is 122 Å². The number of nitrogens with one attached hydrogen (secondary N) is 1. The van der Waals surface area contributed by atoms with Crippen molar-refractivity contribution >= 4 is 29.5 Å². The van der Waals surface area contributed by atoms with E-state index in [4.69, 9.17) is 10.8 Å². The first-order valence-electron chi connectivity index (χ1n) is 5.67. The standard InChI is InChI=1S/C12H12F2N2O4S/c13-12(14)21-8-4-2-1-3-6(8)10(18)16-7(11(19)20)5-9(15)17/h1-4,7,12H,5H2,(H2,15,17)(H,16,18)(H,19,20)/t7-/m1/s1. The predicted octanol–water partition coefficient (Wildman–Crippen LogP) is 1.06. The molecule has 2 amide bonds. The maximum Gasteiger partial charge on any atom is 0.326 e. The Morgan fingerprint density at radius 1 is 1.29 bits per heavy atom. The molecule has 0 aliphatic carbocycles. The van der Waals surface area contributed by atoms with E-state index in [-0.39, 0.29) is 22.2 Å². The topological polar surface area (TPSA) is 109 Å². The van der Waals surface area contributed by atoms with Gasteiger partial charge in [0.2, 0.25) is 5.91 Å². The van der Waals surface area contributed by atoms with Crippen LogP contribution in [0.3, 0.4) is 0 Å². The number of primary amides is 1. The summed E-state index contributed by atoms with van der Waals surface area (Å²) in [6.07, 6.45) is -0.592. The number of aliphatic carboxylic acids is 1. The second-order valence-corrected chi connectivity index (χ2v) is 4.94. The van der Waals surface area contributed by atoms with Gasteiger partial charge in [-0.3, -0.25) is 9.59 Å². The summed E-state index contributed by atoms with van der Waals surface area (Å²) in [5.74, 6) is -5.94. The Bertz CT molecular complexity index is 554. The Balaban J connectivity index is 2.92. The average Bonchev–Trinajstić information content (AvgIpc) is 2.37. The number of halogens is 2. The van der Waals surface area contributed by atoms with E-state index >= 15 is 0 Å². The van der Waals surface area contributed by atoms with Crippen molar-refractivity contribution in [2.75, 3.05) is 0 Å². The van der Waals surface area contributed by atoms with E-state index in [0.29, 0.717) is 0 Å². The van der Waals surface area contributed by atoms with E-state index in [1.54, 1.807) is 0 Å². The van der Waals surface area contributed by atoms with Gasteiger partial charge in [-0.1, -0.05) is 23.9 Å². The molecular formula is C12H12F2N2O4S. The molecule has 1 aromatic carbocycles. The third-order valence-corrected chi connectivity index (χ3v) is 3.14. The number of alkyl halides is 2. The van der Waals surface area contributed by atoms with E-state index in [1.807, 2.05) is 0 Å². The molecule has 4 N–H and O–H groups in total. The molecule has 0 aromatic heterocycles. The lowest BCUT2D eigenvalue weighted by molar-refractivity contribution is -0.140. The first kappa shape index (κ1) is 16.9. The van der Waals surface area contributed by atoms with Gasteiger partial charge in [0.15, 0.2) is 0 Å². The molecule has 0 spiro atoms. The van der Waals surface area contributed by atoms with Crippen LogP contribution in [0.25, 0.3) is 0 Å². The van der Waals surface area contributed by atoms with Crippen molar-refractivity contribution in [3.05, 3.63) is 29.8 Å². The van der Waals surface area contributed by atoms with Gasteiger partial charge < -0.3 is 16.2 Å². The molecule has 1 aromatic rings. The molecule has 6 nitrogen and oxygen atoms in total. The molecule has 1 rings (SSSR count). The fourth-order valence-corrected chi connectivity index (χ4v) is 2.13. The summed E-state index contributed by atoms with van der Waals surface area (Å²) in [5.41, 5.74) is 4.79. The summed E-state index contributed by atoms with van der Waals surface area (Å²) in [5, 5.41) is 11.0. The molecule has 0 bridgehead atoms. The lowest BCUT2D eigenvalue weighted by Gasteiger charge is -2.14. The van der Waals surface area contributed by atoms with Crippen LogP contribution in [-0.4, -0.2) is 34.7 Å². The first-order valence-corrected chi connectivity index (χ1v) is 6.55. The van der Waals surface area contributed by atoms with Gasteiger partial charge >= 0.3 is 5.97 Å². The summed E-state index contributed by atoms with van der Waals surface area (Å²) < 4.78 is 24.8. The van der Waals surface area contributed by atoms with E-state index in [1.165, 1.54) is 24.3 Å². The number of carboxylic acid groups (broad SMARTS) is 1. The number of amides is 2. The molecule has 0 aliphatic heterocycles. The largest absolute Gasteiger partial charge is 0.480 e. The second-order valence-electron chi connectivity index (χ2n) is 3.91. The van der Waals surface area contributed by atoms with Crippen LogP contribution in [0.15, 0.2) is 29.2 Å². The third-order valence-electron chi connectivity index (χ3n) is 2.36. The number of hydrogen-bond acceptors (Lipinski definition) is 4. The zero-order valence-corrected chi connectivity index (χ0v) is 11.4. The molecule has 21 heavy (non-hydrogen) atoms. The Hall–Kier alpha value is -2.16. The van der Waals surface area contributed by atoms with Crippen LogP contribution in [0.2, 0.25) is 0 Å². The lowest BCUT2D eigenvalue weighted by atomic mass is 10.1. The Morgan fingerprint density at radius 2 is 1.90 bits per heavy atom. The maximum absolute atomic E-state index is 12.4. The van der Waals surface area contributed by atoms with Gasteiger partial charge in [-0.25, -0.2) is 4.79 Å².